The van der Waals surface area contributed by atoms with Gasteiger partial charge < -0.3 is 10.8 Å². The molecule has 0 heterocycles. The van der Waals surface area contributed by atoms with Gasteiger partial charge in [0.25, 0.3) is 0 Å². The van der Waals surface area contributed by atoms with E-state index in [-0.39, 0.29) is 11.8 Å². The summed E-state index contributed by atoms with van der Waals surface area (Å²) in [7, 11) is 0. The predicted octanol–water partition coefficient (Wildman–Crippen LogP) is 4.11. The zero-order chi connectivity index (χ0) is 11.4. The third-order valence-electron chi connectivity index (χ3n) is 2.34. The first kappa shape index (κ1) is 13.0. The minimum Gasteiger partial charge on any atom is -0.506 e. The number of rotatable bonds is 4. The molecule has 0 aliphatic heterocycles. The number of benzene rings is 1. The van der Waals surface area contributed by atoms with Crippen molar-refractivity contribution < 1.29 is 5.11 Å². The number of nitrogens with two attached hydrogens (primary N) is 1. The molecule has 1 rings (SSSR count). The number of aromatic hydroxyl groups is 1. The molecule has 3 N–H and O–H groups in total. The molecule has 0 saturated heterocycles. The van der Waals surface area contributed by atoms with E-state index in [9.17, 15) is 5.11 Å². The minimum atomic E-state index is 0.0400. The van der Waals surface area contributed by atoms with Crippen LogP contribution in [0.25, 0.3) is 0 Å². The summed E-state index contributed by atoms with van der Waals surface area (Å²) in [6.45, 7) is 2.15. The van der Waals surface area contributed by atoms with Crippen molar-refractivity contribution in [1.82, 2.24) is 0 Å². The number of phenolic OH excluding ortho intramolecular Hbond substituents is 1. The van der Waals surface area contributed by atoms with Crippen molar-refractivity contribution >= 4 is 31.9 Å². The van der Waals surface area contributed by atoms with E-state index in [1.807, 2.05) is 12.1 Å². The van der Waals surface area contributed by atoms with Crippen LogP contribution in [-0.4, -0.2) is 5.11 Å². The van der Waals surface area contributed by atoms with Crippen molar-refractivity contribution in [3.8, 4) is 5.75 Å². The SMILES string of the molecule is CCCC[C@@H](N)c1cc(Br)c(O)c(Br)c1. The van der Waals surface area contributed by atoms with E-state index in [1.54, 1.807) is 0 Å². The molecule has 1 aromatic rings. The highest BCUT2D eigenvalue weighted by molar-refractivity contribution is 9.11. The Bertz CT molecular complexity index is 318. The fourth-order valence-corrected chi connectivity index (χ4v) is 2.61. The van der Waals surface area contributed by atoms with Gasteiger partial charge in [-0.3, -0.25) is 0 Å². The normalized spacial score (nSPS) is 12.8. The maximum atomic E-state index is 9.55. The molecule has 0 saturated carbocycles. The summed E-state index contributed by atoms with van der Waals surface area (Å²) in [5.74, 6) is 0.224. The molecule has 0 bridgehead atoms. The van der Waals surface area contributed by atoms with Crippen LogP contribution >= 0.6 is 31.9 Å². The molecule has 0 unspecified atom stereocenters. The summed E-state index contributed by atoms with van der Waals surface area (Å²) in [5.41, 5.74) is 7.09. The molecule has 0 fully saturated rings. The molecule has 2 nitrogen and oxygen atoms in total. The summed E-state index contributed by atoms with van der Waals surface area (Å²) in [5, 5.41) is 9.55. The van der Waals surface area contributed by atoms with Crippen LogP contribution < -0.4 is 5.73 Å². The van der Waals surface area contributed by atoms with Crippen molar-refractivity contribution in [3.63, 3.8) is 0 Å². The third-order valence-corrected chi connectivity index (χ3v) is 3.55. The molecule has 0 amide bonds. The van der Waals surface area contributed by atoms with Gasteiger partial charge in [-0.05, 0) is 56.0 Å². The van der Waals surface area contributed by atoms with Crippen LogP contribution in [0.3, 0.4) is 0 Å². The molecule has 1 atom stereocenters. The average molecular weight is 337 g/mol. The Morgan fingerprint density at radius 1 is 1.33 bits per heavy atom. The largest absolute Gasteiger partial charge is 0.506 e. The van der Waals surface area contributed by atoms with E-state index in [0.29, 0.717) is 8.95 Å². The Hall–Kier alpha value is -0.0600. The second-order valence-electron chi connectivity index (χ2n) is 3.58. The van der Waals surface area contributed by atoms with E-state index in [2.05, 4.69) is 38.8 Å². The van der Waals surface area contributed by atoms with Crippen LogP contribution in [0.4, 0.5) is 0 Å². The van der Waals surface area contributed by atoms with Gasteiger partial charge >= 0.3 is 0 Å². The van der Waals surface area contributed by atoms with Gasteiger partial charge in [0.05, 0.1) is 8.95 Å². The van der Waals surface area contributed by atoms with Crippen molar-refractivity contribution in [3.05, 3.63) is 26.6 Å². The molecule has 0 spiro atoms. The zero-order valence-electron chi connectivity index (χ0n) is 8.63. The Morgan fingerprint density at radius 2 is 1.87 bits per heavy atom. The van der Waals surface area contributed by atoms with E-state index >= 15 is 0 Å². The van der Waals surface area contributed by atoms with Gasteiger partial charge in [0.1, 0.15) is 5.75 Å². The molecule has 84 valence electrons. The Balaban J connectivity index is 2.86. The molecule has 0 radical (unpaired) electrons. The maximum Gasteiger partial charge on any atom is 0.143 e. The summed E-state index contributed by atoms with van der Waals surface area (Å²) in [4.78, 5) is 0. The highest BCUT2D eigenvalue weighted by atomic mass is 79.9. The van der Waals surface area contributed by atoms with Crippen molar-refractivity contribution in [2.75, 3.05) is 0 Å². The van der Waals surface area contributed by atoms with Gasteiger partial charge in [0, 0.05) is 6.04 Å². The standard InChI is InChI=1S/C11H15Br2NO/c1-2-3-4-10(14)7-5-8(12)11(15)9(13)6-7/h5-6,10,15H,2-4,14H2,1H3/t10-/m1/s1. The number of unbranched alkanes of at least 4 members (excludes halogenated alkanes) is 1. The molecular weight excluding hydrogens is 322 g/mol. The first-order valence-corrected chi connectivity index (χ1v) is 6.58. The van der Waals surface area contributed by atoms with Gasteiger partial charge in [-0.2, -0.15) is 0 Å². The highest BCUT2D eigenvalue weighted by Crippen LogP contribution is 2.35. The zero-order valence-corrected chi connectivity index (χ0v) is 11.8. The molecule has 1 aromatic carbocycles. The molecule has 15 heavy (non-hydrogen) atoms. The lowest BCUT2D eigenvalue weighted by Crippen LogP contribution is -2.10. The maximum absolute atomic E-state index is 9.55. The summed E-state index contributed by atoms with van der Waals surface area (Å²) in [6.07, 6.45) is 3.24. The first-order valence-electron chi connectivity index (χ1n) is 4.99. The fourth-order valence-electron chi connectivity index (χ4n) is 1.39. The fraction of sp³-hybridized carbons (Fsp3) is 0.455. The van der Waals surface area contributed by atoms with E-state index in [0.717, 1.165) is 24.8 Å². The second-order valence-corrected chi connectivity index (χ2v) is 5.29. The van der Waals surface area contributed by atoms with Crippen LogP contribution in [0.5, 0.6) is 5.75 Å². The predicted molar refractivity (Wildman–Crippen MR) is 70.0 cm³/mol. The van der Waals surface area contributed by atoms with Crippen molar-refractivity contribution in [2.24, 2.45) is 5.73 Å². The van der Waals surface area contributed by atoms with Crippen LogP contribution in [0.2, 0.25) is 0 Å². The van der Waals surface area contributed by atoms with Crippen LogP contribution in [0.15, 0.2) is 21.1 Å². The Labute approximate surface area is 107 Å². The average Bonchev–Trinajstić information content (AvgIpc) is 2.21. The molecular formula is C11H15Br2NO. The smallest absolute Gasteiger partial charge is 0.143 e. The number of hydrogen-bond acceptors (Lipinski definition) is 2. The van der Waals surface area contributed by atoms with E-state index < -0.39 is 0 Å². The first-order chi connectivity index (χ1) is 7.06. The van der Waals surface area contributed by atoms with E-state index in [1.165, 1.54) is 0 Å². The van der Waals surface area contributed by atoms with Crippen molar-refractivity contribution in [1.29, 1.82) is 0 Å². The lowest BCUT2D eigenvalue weighted by Gasteiger charge is -2.13. The van der Waals surface area contributed by atoms with Crippen LogP contribution in [-0.2, 0) is 0 Å². The summed E-state index contributed by atoms with van der Waals surface area (Å²) < 4.78 is 1.36. The molecule has 4 heteroatoms. The van der Waals surface area contributed by atoms with Crippen molar-refractivity contribution in [2.45, 2.75) is 32.2 Å². The number of halogens is 2. The third kappa shape index (κ3) is 3.47. The molecule has 0 aliphatic rings. The molecule has 0 aromatic heterocycles. The summed E-state index contributed by atoms with van der Waals surface area (Å²) in [6, 6.07) is 3.79. The van der Waals surface area contributed by atoms with Gasteiger partial charge in [0.2, 0.25) is 0 Å². The monoisotopic (exact) mass is 335 g/mol. The van der Waals surface area contributed by atoms with E-state index in [4.69, 9.17) is 5.73 Å². The van der Waals surface area contributed by atoms with Crippen LogP contribution in [0.1, 0.15) is 37.8 Å². The quantitative estimate of drug-likeness (QED) is 0.869. The van der Waals surface area contributed by atoms with Gasteiger partial charge in [-0.25, -0.2) is 0 Å². The minimum absolute atomic E-state index is 0.0400. The summed E-state index contributed by atoms with van der Waals surface area (Å²) >= 11 is 6.60. The van der Waals surface area contributed by atoms with Gasteiger partial charge in [-0.15, -0.1) is 0 Å². The van der Waals surface area contributed by atoms with Crippen LogP contribution in [0, 0.1) is 0 Å². The lowest BCUT2D eigenvalue weighted by atomic mass is 10.0. The molecule has 0 aliphatic carbocycles. The number of hydrogen-bond donors (Lipinski definition) is 2. The highest BCUT2D eigenvalue weighted by Gasteiger charge is 2.11. The van der Waals surface area contributed by atoms with Gasteiger partial charge in [-0.1, -0.05) is 19.8 Å². The van der Waals surface area contributed by atoms with Gasteiger partial charge in [0.15, 0.2) is 0 Å². The lowest BCUT2D eigenvalue weighted by molar-refractivity contribution is 0.467. The topological polar surface area (TPSA) is 46.2 Å². The Morgan fingerprint density at radius 3 is 2.33 bits per heavy atom. The Kier molecular flexibility index (Phi) is 5.09. The number of phenols is 1. The second kappa shape index (κ2) is 5.87.